The number of carbonyl (C=O) groups excluding carboxylic acids is 1. The lowest BCUT2D eigenvalue weighted by atomic mass is 10.1. The molecule has 5 heteroatoms. The van der Waals surface area contributed by atoms with Crippen LogP contribution in [-0.2, 0) is 0 Å². The van der Waals surface area contributed by atoms with Crippen LogP contribution in [0.15, 0.2) is 58.6 Å². The molecule has 0 saturated heterocycles. The molecule has 0 radical (unpaired) electrons. The fourth-order valence-electron chi connectivity index (χ4n) is 2.05. The zero-order valence-electron chi connectivity index (χ0n) is 14.0. The van der Waals surface area contributed by atoms with Crippen LogP contribution in [0.2, 0.25) is 0 Å². The van der Waals surface area contributed by atoms with E-state index in [2.05, 4.69) is 35.3 Å². The number of aliphatic imine (C=N–C) groups is 2. The SMILES string of the molecule is C=C/C(=C\C=NC)C(N)=NC(=O)c1ccc(N(CC)CC)cc1. The third-order valence-electron chi connectivity index (χ3n) is 3.38. The molecule has 0 atom stereocenters. The van der Waals surface area contributed by atoms with Crippen molar-refractivity contribution < 1.29 is 4.79 Å². The Bertz CT molecular complexity index is 623. The standard InChI is InChI=1S/C18H24N4O/c1-5-14(12-13-20-4)17(19)21-18(23)15-8-10-16(11-9-15)22(6-2)7-3/h5,8-13H,1,6-7H2,2-4H3,(H2,19,21,23)/b14-12+,20-13?. The van der Waals surface area contributed by atoms with E-state index in [1.165, 1.54) is 6.08 Å². The van der Waals surface area contributed by atoms with E-state index in [9.17, 15) is 4.79 Å². The average molecular weight is 312 g/mol. The highest BCUT2D eigenvalue weighted by Crippen LogP contribution is 2.15. The molecule has 1 aromatic carbocycles. The quantitative estimate of drug-likeness (QED) is 0.478. The Morgan fingerprint density at radius 1 is 1.26 bits per heavy atom. The lowest BCUT2D eigenvalue weighted by molar-refractivity contribution is 0.100. The zero-order valence-corrected chi connectivity index (χ0v) is 14.0. The van der Waals surface area contributed by atoms with Gasteiger partial charge in [-0.1, -0.05) is 12.7 Å². The fraction of sp³-hybridized carbons (Fsp3) is 0.278. The van der Waals surface area contributed by atoms with Crippen molar-refractivity contribution >= 4 is 23.6 Å². The number of hydrogen-bond donors (Lipinski definition) is 1. The van der Waals surface area contributed by atoms with Crippen molar-refractivity contribution in [3.8, 4) is 0 Å². The summed E-state index contributed by atoms with van der Waals surface area (Å²) in [5.74, 6) is -0.257. The van der Waals surface area contributed by atoms with Crippen LogP contribution in [0.4, 0.5) is 5.69 Å². The van der Waals surface area contributed by atoms with Gasteiger partial charge in [0.15, 0.2) is 0 Å². The molecule has 0 saturated carbocycles. The van der Waals surface area contributed by atoms with E-state index in [0.717, 1.165) is 18.8 Å². The van der Waals surface area contributed by atoms with Crippen LogP contribution in [0.3, 0.4) is 0 Å². The van der Waals surface area contributed by atoms with Gasteiger partial charge >= 0.3 is 0 Å². The Kier molecular flexibility index (Phi) is 7.47. The number of carbonyl (C=O) groups is 1. The Morgan fingerprint density at radius 2 is 1.87 bits per heavy atom. The number of nitrogens with two attached hydrogens (primary N) is 1. The van der Waals surface area contributed by atoms with Crippen molar-refractivity contribution in [2.24, 2.45) is 15.7 Å². The third-order valence-corrected chi connectivity index (χ3v) is 3.38. The Morgan fingerprint density at radius 3 is 2.35 bits per heavy atom. The predicted molar refractivity (Wildman–Crippen MR) is 98.7 cm³/mol. The average Bonchev–Trinajstić information content (AvgIpc) is 2.57. The van der Waals surface area contributed by atoms with Gasteiger partial charge in [-0.3, -0.25) is 9.79 Å². The van der Waals surface area contributed by atoms with Crippen LogP contribution in [-0.4, -0.2) is 38.1 Å². The van der Waals surface area contributed by atoms with E-state index in [1.54, 1.807) is 31.5 Å². The first-order valence-electron chi connectivity index (χ1n) is 7.56. The van der Waals surface area contributed by atoms with Gasteiger partial charge in [0.2, 0.25) is 0 Å². The summed E-state index contributed by atoms with van der Waals surface area (Å²) in [6.07, 6.45) is 4.77. The number of amides is 1. The summed E-state index contributed by atoms with van der Waals surface area (Å²) in [6, 6.07) is 7.36. The van der Waals surface area contributed by atoms with Crippen LogP contribution in [0.1, 0.15) is 24.2 Å². The second-order valence-electron chi connectivity index (χ2n) is 4.75. The molecule has 1 rings (SSSR count). The van der Waals surface area contributed by atoms with Gasteiger partial charge in [-0.2, -0.15) is 4.99 Å². The molecule has 2 N–H and O–H groups in total. The lowest BCUT2D eigenvalue weighted by Gasteiger charge is -2.20. The maximum atomic E-state index is 12.2. The first-order chi connectivity index (χ1) is 11.1. The molecule has 0 unspecified atom stereocenters. The first-order valence-corrected chi connectivity index (χ1v) is 7.56. The fourth-order valence-corrected chi connectivity index (χ4v) is 2.05. The van der Waals surface area contributed by atoms with E-state index in [4.69, 9.17) is 5.73 Å². The van der Waals surface area contributed by atoms with Gasteiger partial charge in [0, 0.05) is 43.2 Å². The van der Waals surface area contributed by atoms with E-state index in [1.807, 2.05) is 12.1 Å². The molecule has 1 aromatic rings. The maximum Gasteiger partial charge on any atom is 0.278 e. The van der Waals surface area contributed by atoms with E-state index < -0.39 is 0 Å². The molecule has 122 valence electrons. The minimum absolute atomic E-state index is 0.123. The number of amidine groups is 1. The minimum Gasteiger partial charge on any atom is -0.383 e. The molecule has 0 aromatic heterocycles. The van der Waals surface area contributed by atoms with Gasteiger partial charge in [0.05, 0.1) is 0 Å². The van der Waals surface area contributed by atoms with Crippen molar-refractivity contribution in [2.45, 2.75) is 13.8 Å². The van der Waals surface area contributed by atoms with Crippen molar-refractivity contribution in [3.05, 3.63) is 54.1 Å². The summed E-state index contributed by atoms with van der Waals surface area (Å²) in [6.45, 7) is 9.68. The van der Waals surface area contributed by atoms with Crippen LogP contribution in [0.5, 0.6) is 0 Å². The van der Waals surface area contributed by atoms with Crippen LogP contribution < -0.4 is 10.6 Å². The molecule has 0 bridgehead atoms. The number of nitrogens with zero attached hydrogens (tertiary/aromatic N) is 3. The molecule has 0 aliphatic heterocycles. The van der Waals surface area contributed by atoms with Crippen LogP contribution >= 0.6 is 0 Å². The molecule has 0 spiro atoms. The molecule has 0 aliphatic rings. The van der Waals surface area contributed by atoms with Crippen molar-refractivity contribution in [3.63, 3.8) is 0 Å². The van der Waals surface area contributed by atoms with Gasteiger partial charge in [-0.25, -0.2) is 0 Å². The molecule has 0 heterocycles. The Hall–Kier alpha value is -2.69. The Labute approximate surface area is 137 Å². The molecule has 0 aliphatic carbocycles. The van der Waals surface area contributed by atoms with Crippen LogP contribution in [0, 0.1) is 0 Å². The summed E-state index contributed by atoms with van der Waals surface area (Å²) in [5, 5.41) is 0. The normalized spacial score (nSPS) is 12.5. The van der Waals surface area contributed by atoms with E-state index in [0.29, 0.717) is 11.1 Å². The minimum atomic E-state index is -0.380. The zero-order chi connectivity index (χ0) is 17.2. The summed E-state index contributed by atoms with van der Waals surface area (Å²) < 4.78 is 0. The predicted octanol–water partition coefficient (Wildman–Crippen LogP) is 2.84. The number of rotatable bonds is 7. The highest BCUT2D eigenvalue weighted by Gasteiger charge is 2.08. The van der Waals surface area contributed by atoms with Crippen molar-refractivity contribution in [1.29, 1.82) is 0 Å². The third kappa shape index (κ3) is 5.21. The maximum absolute atomic E-state index is 12.2. The van der Waals surface area contributed by atoms with Gasteiger partial charge in [-0.15, -0.1) is 0 Å². The van der Waals surface area contributed by atoms with Gasteiger partial charge in [-0.05, 0) is 44.2 Å². The lowest BCUT2D eigenvalue weighted by Crippen LogP contribution is -2.21. The molecule has 0 fully saturated rings. The highest BCUT2D eigenvalue weighted by molar-refractivity contribution is 6.11. The second-order valence-corrected chi connectivity index (χ2v) is 4.75. The summed E-state index contributed by atoms with van der Waals surface area (Å²) in [4.78, 5) is 22.2. The van der Waals surface area contributed by atoms with E-state index in [-0.39, 0.29) is 11.7 Å². The van der Waals surface area contributed by atoms with Gasteiger partial charge in [0.25, 0.3) is 5.91 Å². The number of benzene rings is 1. The smallest absolute Gasteiger partial charge is 0.278 e. The molecular formula is C18H24N4O. The molecule has 5 nitrogen and oxygen atoms in total. The molecule has 23 heavy (non-hydrogen) atoms. The van der Waals surface area contributed by atoms with Crippen molar-refractivity contribution in [2.75, 3.05) is 25.0 Å². The largest absolute Gasteiger partial charge is 0.383 e. The highest BCUT2D eigenvalue weighted by atomic mass is 16.1. The van der Waals surface area contributed by atoms with Gasteiger partial charge in [0.1, 0.15) is 5.84 Å². The molecule has 1 amide bonds. The van der Waals surface area contributed by atoms with Crippen LogP contribution in [0.25, 0.3) is 0 Å². The number of allylic oxidation sites excluding steroid dienone is 1. The summed E-state index contributed by atoms with van der Waals surface area (Å²) in [7, 11) is 1.65. The topological polar surface area (TPSA) is 71.0 Å². The van der Waals surface area contributed by atoms with Crippen molar-refractivity contribution in [1.82, 2.24) is 0 Å². The second kappa shape index (κ2) is 9.35. The monoisotopic (exact) mass is 312 g/mol. The summed E-state index contributed by atoms with van der Waals surface area (Å²) in [5.41, 5.74) is 7.98. The number of anilines is 1. The van der Waals surface area contributed by atoms with Gasteiger partial charge < -0.3 is 10.6 Å². The summed E-state index contributed by atoms with van der Waals surface area (Å²) >= 11 is 0. The molecular weight excluding hydrogens is 288 g/mol. The first kappa shape index (κ1) is 18.4. The van der Waals surface area contributed by atoms with E-state index >= 15 is 0 Å². The number of hydrogen-bond acceptors (Lipinski definition) is 3. The Balaban J connectivity index is 2.97.